The Morgan fingerprint density at radius 3 is 2.42 bits per heavy atom. The van der Waals surface area contributed by atoms with Crippen LogP contribution in [-0.2, 0) is 24.3 Å². The van der Waals surface area contributed by atoms with E-state index in [4.69, 9.17) is 27.9 Å². The topological polar surface area (TPSA) is 114 Å². The molecule has 188 valence electrons. The van der Waals surface area contributed by atoms with Crippen molar-refractivity contribution in [1.29, 1.82) is 0 Å². The molecule has 3 aromatic carbocycles. The van der Waals surface area contributed by atoms with E-state index < -0.39 is 28.4 Å². The van der Waals surface area contributed by atoms with Gasteiger partial charge in [0.05, 0.1) is 23.9 Å². The number of hydrogen-bond donors (Lipinski definition) is 1. The Balaban J connectivity index is 1.75. The number of carbonyl (C=O) groups excluding carboxylic acids is 2. The van der Waals surface area contributed by atoms with Gasteiger partial charge in [0.1, 0.15) is 12.3 Å². The number of sulfonamides is 1. The number of anilines is 1. The lowest BCUT2D eigenvalue weighted by Gasteiger charge is -2.23. The number of nitrogens with zero attached hydrogens (tertiary/aromatic N) is 2. The molecule has 1 N–H and O–H groups in total. The number of hydrazone groups is 1. The predicted octanol–water partition coefficient (Wildman–Crippen LogP) is 3.89. The molecule has 0 aliphatic rings. The van der Waals surface area contributed by atoms with Gasteiger partial charge in [-0.1, -0.05) is 41.4 Å². The minimum absolute atomic E-state index is 0.0491. The van der Waals surface area contributed by atoms with Gasteiger partial charge in [0.25, 0.3) is 15.9 Å². The fourth-order valence-corrected chi connectivity index (χ4v) is 4.63. The summed E-state index contributed by atoms with van der Waals surface area (Å²) in [6.45, 7) is -0.819. The minimum atomic E-state index is -4.13. The number of benzene rings is 3. The smallest absolute Gasteiger partial charge is 0.343 e. The monoisotopic (exact) mass is 549 g/mol. The maximum absolute atomic E-state index is 13.3. The normalized spacial score (nSPS) is 11.2. The third-order valence-electron chi connectivity index (χ3n) is 4.63. The molecule has 9 nitrogen and oxygen atoms in total. The highest BCUT2D eigenvalue weighted by molar-refractivity contribution is 7.92. The molecule has 12 heteroatoms. The highest BCUT2D eigenvalue weighted by Crippen LogP contribution is 2.26. The molecule has 3 rings (SSSR count). The van der Waals surface area contributed by atoms with Crippen LogP contribution in [0.5, 0.6) is 5.75 Å². The van der Waals surface area contributed by atoms with Gasteiger partial charge in [-0.25, -0.2) is 18.6 Å². The van der Waals surface area contributed by atoms with Crippen molar-refractivity contribution >= 4 is 57.0 Å². The van der Waals surface area contributed by atoms with Crippen molar-refractivity contribution in [2.45, 2.75) is 4.90 Å². The molecule has 3 aromatic rings. The summed E-state index contributed by atoms with van der Waals surface area (Å²) in [5.74, 6) is -0.821. The molecule has 0 spiro atoms. The van der Waals surface area contributed by atoms with Crippen LogP contribution in [0.1, 0.15) is 5.56 Å². The first-order valence-corrected chi connectivity index (χ1v) is 12.5. The third kappa shape index (κ3) is 7.45. The number of ether oxygens (including phenoxy) is 2. The largest absolute Gasteiger partial charge is 0.482 e. The fraction of sp³-hybridized carbons (Fsp3) is 0.125. The number of amides is 1. The van der Waals surface area contributed by atoms with E-state index in [0.717, 1.165) is 4.31 Å². The zero-order valence-electron chi connectivity index (χ0n) is 18.9. The lowest BCUT2D eigenvalue weighted by molar-refractivity contribution is -0.142. The number of halogens is 2. The van der Waals surface area contributed by atoms with Gasteiger partial charge < -0.3 is 9.47 Å². The van der Waals surface area contributed by atoms with Crippen LogP contribution < -0.4 is 14.5 Å². The van der Waals surface area contributed by atoms with Gasteiger partial charge in [-0.3, -0.25) is 9.10 Å². The summed E-state index contributed by atoms with van der Waals surface area (Å²) in [7, 11) is -2.88. The lowest BCUT2D eigenvalue weighted by atomic mass is 10.2. The second-order valence-electron chi connectivity index (χ2n) is 7.18. The van der Waals surface area contributed by atoms with Crippen molar-refractivity contribution < 1.29 is 27.5 Å². The van der Waals surface area contributed by atoms with Crippen molar-refractivity contribution in [1.82, 2.24) is 5.43 Å². The average Bonchev–Trinajstić information content (AvgIpc) is 2.86. The summed E-state index contributed by atoms with van der Waals surface area (Å²) in [5.41, 5.74) is 3.08. The molecule has 0 aliphatic heterocycles. The number of esters is 1. The van der Waals surface area contributed by atoms with E-state index in [1.165, 1.54) is 49.7 Å². The number of hydrogen-bond acceptors (Lipinski definition) is 7. The maximum atomic E-state index is 13.3. The number of carbonyl (C=O) groups is 2. The van der Waals surface area contributed by atoms with E-state index in [1.54, 1.807) is 36.4 Å². The van der Waals surface area contributed by atoms with Crippen LogP contribution in [0.2, 0.25) is 10.0 Å². The van der Waals surface area contributed by atoms with Crippen LogP contribution >= 0.6 is 23.2 Å². The van der Waals surface area contributed by atoms with E-state index in [9.17, 15) is 18.0 Å². The number of nitrogens with one attached hydrogen (secondary N) is 1. The highest BCUT2D eigenvalue weighted by atomic mass is 35.5. The van der Waals surface area contributed by atoms with E-state index >= 15 is 0 Å². The Kier molecular flexibility index (Phi) is 9.29. The molecule has 36 heavy (non-hydrogen) atoms. The third-order valence-corrected chi connectivity index (χ3v) is 6.91. The second-order valence-corrected chi connectivity index (χ2v) is 9.91. The summed E-state index contributed by atoms with van der Waals surface area (Å²) >= 11 is 11.9. The van der Waals surface area contributed by atoms with Crippen molar-refractivity contribution in [3.8, 4) is 5.75 Å². The summed E-state index contributed by atoms with van der Waals surface area (Å²) < 4.78 is 37.4. The van der Waals surface area contributed by atoms with Crippen LogP contribution in [-0.4, -0.2) is 46.8 Å². The molecule has 0 aliphatic carbocycles. The lowest BCUT2D eigenvalue weighted by Crippen LogP contribution is -2.39. The summed E-state index contributed by atoms with van der Waals surface area (Å²) in [4.78, 5) is 23.8. The molecule has 0 aromatic heterocycles. The maximum Gasteiger partial charge on any atom is 0.343 e. The van der Waals surface area contributed by atoms with Gasteiger partial charge in [-0.05, 0) is 60.2 Å². The van der Waals surface area contributed by atoms with Crippen LogP contribution in [0.3, 0.4) is 0 Å². The van der Waals surface area contributed by atoms with Gasteiger partial charge in [0.2, 0.25) is 0 Å². The van der Waals surface area contributed by atoms with Crippen molar-refractivity contribution in [2.24, 2.45) is 5.10 Å². The quantitative estimate of drug-likeness (QED) is 0.233. The standard InChI is InChI=1S/C24H21Cl2N3O6S/c1-34-24(31)16-35-21-7-2-4-17(12-21)14-27-28-23(30)15-29(20-6-3-5-19(26)13-20)36(32,33)22-10-8-18(25)9-11-22/h2-14H,15-16H2,1H3,(H,28,30)/b27-14-. The molecule has 0 radical (unpaired) electrons. The molecular formula is C24H21Cl2N3O6S. The molecule has 0 heterocycles. The Hall–Kier alpha value is -3.60. The van der Waals surface area contributed by atoms with Crippen molar-refractivity contribution in [2.75, 3.05) is 24.6 Å². The Morgan fingerprint density at radius 1 is 1.00 bits per heavy atom. The fourth-order valence-electron chi connectivity index (χ4n) is 2.91. The molecule has 0 saturated heterocycles. The SMILES string of the molecule is COC(=O)COc1cccc(/C=N\NC(=O)CN(c2cccc(Cl)c2)S(=O)(=O)c2ccc(Cl)cc2)c1. The Morgan fingerprint density at radius 2 is 1.72 bits per heavy atom. The van der Waals surface area contributed by atoms with Gasteiger partial charge in [0.15, 0.2) is 6.61 Å². The van der Waals surface area contributed by atoms with E-state index in [0.29, 0.717) is 21.4 Å². The summed E-state index contributed by atoms with van der Waals surface area (Å²) in [6.07, 6.45) is 1.35. The van der Waals surface area contributed by atoms with Crippen molar-refractivity contribution in [3.05, 3.63) is 88.4 Å². The zero-order chi connectivity index (χ0) is 26.1. The minimum Gasteiger partial charge on any atom is -0.482 e. The van der Waals surface area contributed by atoms with Crippen LogP contribution in [0.25, 0.3) is 0 Å². The van der Waals surface area contributed by atoms with Gasteiger partial charge in [0, 0.05) is 10.0 Å². The van der Waals surface area contributed by atoms with Gasteiger partial charge in [-0.2, -0.15) is 5.10 Å². The summed E-state index contributed by atoms with van der Waals surface area (Å²) in [5, 5.41) is 4.56. The number of rotatable bonds is 10. The van der Waals surface area contributed by atoms with E-state index in [2.05, 4.69) is 15.3 Å². The molecule has 0 bridgehead atoms. The van der Waals surface area contributed by atoms with Crippen LogP contribution in [0.4, 0.5) is 5.69 Å². The van der Waals surface area contributed by atoms with Crippen LogP contribution in [0.15, 0.2) is 82.8 Å². The number of methoxy groups -OCH3 is 1. The predicted molar refractivity (Wildman–Crippen MR) is 137 cm³/mol. The molecular weight excluding hydrogens is 529 g/mol. The molecule has 0 unspecified atom stereocenters. The van der Waals surface area contributed by atoms with Gasteiger partial charge >= 0.3 is 5.97 Å². The highest BCUT2D eigenvalue weighted by Gasteiger charge is 2.27. The Labute approximate surface area is 218 Å². The first-order valence-electron chi connectivity index (χ1n) is 10.3. The average molecular weight is 550 g/mol. The zero-order valence-corrected chi connectivity index (χ0v) is 21.3. The van der Waals surface area contributed by atoms with Crippen molar-refractivity contribution in [3.63, 3.8) is 0 Å². The Bertz CT molecular complexity index is 1360. The van der Waals surface area contributed by atoms with Crippen LogP contribution in [0, 0.1) is 0 Å². The first-order chi connectivity index (χ1) is 17.2. The van der Waals surface area contributed by atoms with Gasteiger partial charge in [-0.15, -0.1) is 0 Å². The molecule has 0 saturated carbocycles. The van der Waals surface area contributed by atoms with E-state index in [-0.39, 0.29) is 17.2 Å². The molecule has 1 amide bonds. The summed E-state index contributed by atoms with van der Waals surface area (Å²) in [6, 6.07) is 18.3. The molecule has 0 atom stereocenters. The second kappa shape index (κ2) is 12.4. The molecule has 0 fully saturated rings. The first kappa shape index (κ1) is 27.0. The van der Waals surface area contributed by atoms with E-state index in [1.807, 2.05) is 0 Å².